The molecule has 0 amide bonds. The number of thiazole rings is 1. The van der Waals surface area contributed by atoms with E-state index in [1.54, 1.807) is 17.4 Å². The van der Waals surface area contributed by atoms with E-state index in [0.29, 0.717) is 17.9 Å². The van der Waals surface area contributed by atoms with Gasteiger partial charge < -0.3 is 9.15 Å². The highest BCUT2D eigenvalue weighted by Crippen LogP contribution is 2.25. The summed E-state index contributed by atoms with van der Waals surface area (Å²) in [6.45, 7) is 2.28. The SMILES string of the molecule is Cc1cc(=O)oc2cc(OCc3nc4ccccc4s3)ccc12. The number of ether oxygens (including phenoxy) is 1. The summed E-state index contributed by atoms with van der Waals surface area (Å²) in [6, 6.07) is 15.0. The van der Waals surface area contributed by atoms with Gasteiger partial charge in [0.25, 0.3) is 0 Å². The first-order valence-electron chi connectivity index (χ1n) is 7.21. The predicted octanol–water partition coefficient (Wildman–Crippen LogP) is 4.29. The van der Waals surface area contributed by atoms with Gasteiger partial charge >= 0.3 is 5.63 Å². The molecular formula is C18H13NO3S. The molecule has 0 aliphatic rings. The van der Waals surface area contributed by atoms with Crippen molar-refractivity contribution in [3.63, 3.8) is 0 Å². The van der Waals surface area contributed by atoms with E-state index in [1.807, 2.05) is 43.3 Å². The van der Waals surface area contributed by atoms with Crippen LogP contribution in [0, 0.1) is 6.92 Å². The van der Waals surface area contributed by atoms with Crippen LogP contribution in [0.4, 0.5) is 0 Å². The van der Waals surface area contributed by atoms with Gasteiger partial charge in [-0.25, -0.2) is 9.78 Å². The normalized spacial score (nSPS) is 11.2. The Hall–Kier alpha value is -2.66. The number of fused-ring (bicyclic) bond motifs is 2. The van der Waals surface area contributed by atoms with Crippen LogP contribution in [0.3, 0.4) is 0 Å². The molecule has 0 aliphatic carbocycles. The van der Waals surface area contributed by atoms with Gasteiger partial charge in [0, 0.05) is 17.5 Å². The third-order valence-electron chi connectivity index (χ3n) is 3.62. The summed E-state index contributed by atoms with van der Waals surface area (Å²) in [5, 5.41) is 1.83. The average molecular weight is 323 g/mol. The summed E-state index contributed by atoms with van der Waals surface area (Å²) in [4.78, 5) is 16.0. The van der Waals surface area contributed by atoms with Gasteiger partial charge in [-0.2, -0.15) is 0 Å². The number of rotatable bonds is 3. The Balaban J connectivity index is 1.61. The van der Waals surface area contributed by atoms with Gasteiger partial charge in [-0.3, -0.25) is 0 Å². The topological polar surface area (TPSA) is 52.3 Å². The Bertz CT molecular complexity index is 1030. The number of aromatic nitrogens is 1. The Labute approximate surface area is 136 Å². The number of para-hydroxylation sites is 1. The van der Waals surface area contributed by atoms with E-state index >= 15 is 0 Å². The monoisotopic (exact) mass is 323 g/mol. The summed E-state index contributed by atoms with van der Waals surface area (Å²) in [5.41, 5.74) is 2.07. The fourth-order valence-electron chi connectivity index (χ4n) is 2.52. The second-order valence-corrected chi connectivity index (χ2v) is 6.39. The third-order valence-corrected chi connectivity index (χ3v) is 4.63. The molecule has 5 heteroatoms. The van der Waals surface area contributed by atoms with E-state index in [-0.39, 0.29) is 5.63 Å². The summed E-state index contributed by atoms with van der Waals surface area (Å²) in [5.74, 6) is 0.658. The van der Waals surface area contributed by atoms with Gasteiger partial charge in [-0.1, -0.05) is 12.1 Å². The number of hydrogen-bond donors (Lipinski definition) is 0. The molecule has 0 N–H and O–H groups in total. The van der Waals surface area contributed by atoms with Gasteiger partial charge in [0.15, 0.2) is 0 Å². The first-order chi connectivity index (χ1) is 11.2. The minimum Gasteiger partial charge on any atom is -0.486 e. The van der Waals surface area contributed by atoms with Crippen LogP contribution in [-0.2, 0) is 6.61 Å². The molecule has 0 aliphatic heterocycles. The molecule has 23 heavy (non-hydrogen) atoms. The lowest BCUT2D eigenvalue weighted by Gasteiger charge is -2.06. The quantitative estimate of drug-likeness (QED) is 0.528. The van der Waals surface area contributed by atoms with E-state index in [4.69, 9.17) is 9.15 Å². The maximum absolute atomic E-state index is 11.5. The van der Waals surface area contributed by atoms with Crippen LogP contribution in [0.2, 0.25) is 0 Å². The van der Waals surface area contributed by atoms with Crippen molar-refractivity contribution < 1.29 is 9.15 Å². The molecule has 114 valence electrons. The van der Waals surface area contributed by atoms with Crippen molar-refractivity contribution in [2.24, 2.45) is 0 Å². The Morgan fingerprint density at radius 3 is 2.91 bits per heavy atom. The molecule has 0 saturated heterocycles. The van der Waals surface area contributed by atoms with Gasteiger partial charge in [0.05, 0.1) is 10.2 Å². The molecule has 0 fully saturated rings. The molecular weight excluding hydrogens is 310 g/mol. The highest BCUT2D eigenvalue weighted by Gasteiger charge is 2.06. The van der Waals surface area contributed by atoms with Crippen molar-refractivity contribution in [2.75, 3.05) is 0 Å². The van der Waals surface area contributed by atoms with Crippen molar-refractivity contribution in [1.29, 1.82) is 0 Å². The maximum atomic E-state index is 11.5. The highest BCUT2D eigenvalue weighted by atomic mass is 32.1. The van der Waals surface area contributed by atoms with Crippen LogP contribution in [0.15, 0.2) is 57.7 Å². The van der Waals surface area contributed by atoms with Crippen LogP contribution in [0.1, 0.15) is 10.6 Å². The largest absolute Gasteiger partial charge is 0.486 e. The Morgan fingerprint density at radius 2 is 2.04 bits per heavy atom. The first kappa shape index (κ1) is 14.0. The maximum Gasteiger partial charge on any atom is 0.336 e. The standard InChI is InChI=1S/C18H13NO3S/c1-11-8-18(20)22-15-9-12(6-7-13(11)15)21-10-17-19-14-4-2-3-5-16(14)23-17/h2-9H,10H2,1H3. The second-order valence-electron chi connectivity index (χ2n) is 5.27. The van der Waals surface area contributed by atoms with Gasteiger partial charge in [0.2, 0.25) is 0 Å². The lowest BCUT2D eigenvalue weighted by Crippen LogP contribution is -1.99. The molecule has 4 aromatic rings. The van der Waals surface area contributed by atoms with Crippen LogP contribution in [-0.4, -0.2) is 4.98 Å². The van der Waals surface area contributed by atoms with E-state index in [1.165, 1.54) is 6.07 Å². The first-order valence-corrected chi connectivity index (χ1v) is 8.02. The van der Waals surface area contributed by atoms with E-state index in [9.17, 15) is 4.79 Å². The Morgan fingerprint density at radius 1 is 1.17 bits per heavy atom. The summed E-state index contributed by atoms with van der Waals surface area (Å²) in [7, 11) is 0. The second kappa shape index (κ2) is 5.52. The zero-order valence-corrected chi connectivity index (χ0v) is 13.2. The van der Waals surface area contributed by atoms with Gasteiger partial charge in [-0.15, -0.1) is 11.3 Å². The number of benzene rings is 2. The molecule has 2 aromatic heterocycles. The molecule has 0 saturated carbocycles. The van der Waals surface area contributed by atoms with Crippen LogP contribution < -0.4 is 10.4 Å². The van der Waals surface area contributed by atoms with Gasteiger partial charge in [-0.05, 0) is 36.8 Å². The molecule has 4 nitrogen and oxygen atoms in total. The van der Waals surface area contributed by atoms with E-state index < -0.39 is 0 Å². The number of nitrogens with zero attached hydrogens (tertiary/aromatic N) is 1. The lowest BCUT2D eigenvalue weighted by molar-refractivity contribution is 0.305. The summed E-state index contributed by atoms with van der Waals surface area (Å²) in [6.07, 6.45) is 0. The fourth-order valence-corrected chi connectivity index (χ4v) is 3.40. The average Bonchev–Trinajstić information content (AvgIpc) is 2.95. The molecule has 0 atom stereocenters. The smallest absolute Gasteiger partial charge is 0.336 e. The van der Waals surface area contributed by atoms with Crippen molar-refractivity contribution in [3.05, 3.63) is 69.5 Å². The van der Waals surface area contributed by atoms with Gasteiger partial charge in [0.1, 0.15) is 22.9 Å². The minimum absolute atomic E-state index is 0.349. The predicted molar refractivity (Wildman–Crippen MR) is 91.2 cm³/mol. The van der Waals surface area contributed by atoms with Crippen molar-refractivity contribution in [2.45, 2.75) is 13.5 Å². The summed E-state index contributed by atoms with van der Waals surface area (Å²) < 4.78 is 12.2. The molecule has 0 unspecified atom stereocenters. The molecule has 2 aromatic carbocycles. The van der Waals surface area contributed by atoms with Crippen LogP contribution >= 0.6 is 11.3 Å². The molecule has 0 spiro atoms. The zero-order chi connectivity index (χ0) is 15.8. The number of aryl methyl sites for hydroxylation is 1. The van der Waals surface area contributed by atoms with Crippen molar-refractivity contribution in [1.82, 2.24) is 4.98 Å². The van der Waals surface area contributed by atoms with Crippen LogP contribution in [0.5, 0.6) is 5.75 Å². The lowest BCUT2D eigenvalue weighted by atomic mass is 10.1. The van der Waals surface area contributed by atoms with E-state index in [0.717, 1.165) is 26.2 Å². The summed E-state index contributed by atoms with van der Waals surface area (Å²) >= 11 is 1.62. The Kier molecular flexibility index (Phi) is 3.35. The highest BCUT2D eigenvalue weighted by molar-refractivity contribution is 7.18. The van der Waals surface area contributed by atoms with E-state index in [2.05, 4.69) is 4.98 Å². The molecule has 0 bridgehead atoms. The molecule has 2 heterocycles. The minimum atomic E-state index is -0.349. The fraction of sp³-hybridized carbons (Fsp3) is 0.111. The molecule has 0 radical (unpaired) electrons. The zero-order valence-electron chi connectivity index (χ0n) is 12.4. The van der Waals surface area contributed by atoms with Crippen molar-refractivity contribution in [3.8, 4) is 5.75 Å². The van der Waals surface area contributed by atoms with Crippen molar-refractivity contribution >= 4 is 32.5 Å². The number of hydrogen-bond acceptors (Lipinski definition) is 5. The van der Waals surface area contributed by atoms with Crippen LogP contribution in [0.25, 0.3) is 21.2 Å². The third kappa shape index (κ3) is 2.71. The molecule has 4 rings (SSSR count).